The topological polar surface area (TPSA) is 29.1 Å². The molecule has 0 radical (unpaired) electrons. The quantitative estimate of drug-likeness (QED) is 0.761. The highest BCUT2D eigenvalue weighted by molar-refractivity contribution is 5.86. The summed E-state index contributed by atoms with van der Waals surface area (Å²) in [7, 11) is 0. The standard InChI is InChI=1S/C13H25NO/c1-10(12(15)13(2,3)4)11-8-6-5-7-9-14-11/h10-11,14H,5-9H2,1-4H3. The van der Waals surface area contributed by atoms with Crippen molar-refractivity contribution in [1.82, 2.24) is 5.32 Å². The Morgan fingerprint density at radius 2 is 1.93 bits per heavy atom. The van der Waals surface area contributed by atoms with E-state index < -0.39 is 0 Å². The van der Waals surface area contributed by atoms with E-state index in [-0.39, 0.29) is 11.3 Å². The van der Waals surface area contributed by atoms with Crippen LogP contribution in [0.2, 0.25) is 0 Å². The van der Waals surface area contributed by atoms with Gasteiger partial charge in [0.05, 0.1) is 0 Å². The minimum Gasteiger partial charge on any atom is -0.313 e. The summed E-state index contributed by atoms with van der Waals surface area (Å²) in [4.78, 5) is 12.1. The normalized spacial score (nSPS) is 25.7. The van der Waals surface area contributed by atoms with Crippen molar-refractivity contribution >= 4 is 5.78 Å². The van der Waals surface area contributed by atoms with E-state index >= 15 is 0 Å². The zero-order chi connectivity index (χ0) is 11.5. The third-order valence-electron chi connectivity index (χ3n) is 3.35. The lowest BCUT2D eigenvalue weighted by Crippen LogP contribution is -2.42. The van der Waals surface area contributed by atoms with Crippen LogP contribution in [0.5, 0.6) is 0 Å². The Morgan fingerprint density at radius 3 is 2.53 bits per heavy atom. The molecular formula is C13H25NO. The van der Waals surface area contributed by atoms with E-state index in [1.165, 1.54) is 19.3 Å². The van der Waals surface area contributed by atoms with Crippen LogP contribution in [-0.4, -0.2) is 18.4 Å². The van der Waals surface area contributed by atoms with E-state index in [4.69, 9.17) is 0 Å². The molecule has 15 heavy (non-hydrogen) atoms. The minimum absolute atomic E-state index is 0.156. The summed E-state index contributed by atoms with van der Waals surface area (Å²) in [5, 5.41) is 3.51. The average molecular weight is 211 g/mol. The van der Waals surface area contributed by atoms with Gasteiger partial charge in [0.25, 0.3) is 0 Å². The SMILES string of the molecule is CC(C(=O)C(C)(C)C)C1CCCCCN1. The first-order chi connectivity index (χ1) is 6.93. The van der Waals surface area contributed by atoms with Gasteiger partial charge in [-0.3, -0.25) is 4.79 Å². The average Bonchev–Trinajstić information content (AvgIpc) is 2.42. The number of carbonyl (C=O) groups excluding carboxylic acids is 1. The third-order valence-corrected chi connectivity index (χ3v) is 3.35. The fraction of sp³-hybridized carbons (Fsp3) is 0.923. The molecule has 2 nitrogen and oxygen atoms in total. The third kappa shape index (κ3) is 3.60. The molecule has 0 aromatic rings. The Balaban J connectivity index is 2.58. The number of carbonyl (C=O) groups is 1. The molecule has 1 aliphatic rings. The van der Waals surface area contributed by atoms with Crippen LogP contribution in [0.3, 0.4) is 0 Å². The molecule has 1 heterocycles. The van der Waals surface area contributed by atoms with Crippen LogP contribution in [-0.2, 0) is 4.79 Å². The summed E-state index contributed by atoms with van der Waals surface area (Å²) in [6.07, 6.45) is 4.98. The second kappa shape index (κ2) is 5.11. The Bertz CT molecular complexity index is 209. The van der Waals surface area contributed by atoms with Crippen molar-refractivity contribution in [3.05, 3.63) is 0 Å². The molecule has 0 amide bonds. The monoisotopic (exact) mass is 211 g/mol. The summed E-state index contributed by atoms with van der Waals surface area (Å²) in [6, 6.07) is 0.402. The van der Waals surface area contributed by atoms with E-state index in [1.54, 1.807) is 0 Å². The summed E-state index contributed by atoms with van der Waals surface area (Å²) >= 11 is 0. The molecule has 0 aromatic carbocycles. The molecule has 1 saturated heterocycles. The first kappa shape index (κ1) is 12.7. The zero-order valence-electron chi connectivity index (χ0n) is 10.6. The first-order valence-corrected chi connectivity index (χ1v) is 6.20. The van der Waals surface area contributed by atoms with E-state index in [0.29, 0.717) is 11.8 Å². The van der Waals surface area contributed by atoms with Crippen molar-refractivity contribution in [3.8, 4) is 0 Å². The molecule has 1 fully saturated rings. The van der Waals surface area contributed by atoms with E-state index in [1.807, 2.05) is 20.8 Å². The Labute approximate surface area is 93.8 Å². The van der Waals surface area contributed by atoms with Crippen molar-refractivity contribution in [2.24, 2.45) is 11.3 Å². The highest BCUT2D eigenvalue weighted by Crippen LogP contribution is 2.25. The molecule has 1 aliphatic heterocycles. The molecule has 2 unspecified atom stereocenters. The minimum atomic E-state index is -0.201. The lowest BCUT2D eigenvalue weighted by atomic mass is 9.80. The number of nitrogens with one attached hydrogen (secondary N) is 1. The van der Waals surface area contributed by atoms with Crippen molar-refractivity contribution in [3.63, 3.8) is 0 Å². The van der Waals surface area contributed by atoms with Gasteiger partial charge < -0.3 is 5.32 Å². The molecule has 88 valence electrons. The van der Waals surface area contributed by atoms with Gasteiger partial charge in [-0.25, -0.2) is 0 Å². The fourth-order valence-electron chi connectivity index (χ4n) is 2.35. The Kier molecular flexibility index (Phi) is 4.32. The second-order valence-corrected chi connectivity index (χ2v) is 5.81. The van der Waals surface area contributed by atoms with Crippen molar-refractivity contribution < 1.29 is 4.79 Å². The number of hydrogen-bond acceptors (Lipinski definition) is 2. The van der Waals surface area contributed by atoms with E-state index in [2.05, 4.69) is 12.2 Å². The summed E-state index contributed by atoms with van der Waals surface area (Å²) in [5.41, 5.74) is -0.201. The molecule has 1 rings (SSSR count). The van der Waals surface area contributed by atoms with Crippen LogP contribution in [0.25, 0.3) is 0 Å². The number of ketones is 1. The number of rotatable bonds is 2. The molecule has 2 heteroatoms. The highest BCUT2D eigenvalue weighted by Gasteiger charge is 2.31. The maximum absolute atomic E-state index is 12.1. The maximum atomic E-state index is 12.1. The van der Waals surface area contributed by atoms with E-state index in [0.717, 1.165) is 13.0 Å². The highest BCUT2D eigenvalue weighted by atomic mass is 16.1. The zero-order valence-corrected chi connectivity index (χ0v) is 10.6. The van der Waals surface area contributed by atoms with Crippen molar-refractivity contribution in [1.29, 1.82) is 0 Å². The molecule has 0 spiro atoms. The Morgan fingerprint density at radius 1 is 1.27 bits per heavy atom. The van der Waals surface area contributed by atoms with Gasteiger partial charge in [0, 0.05) is 17.4 Å². The lowest BCUT2D eigenvalue weighted by molar-refractivity contribution is -0.130. The fourth-order valence-corrected chi connectivity index (χ4v) is 2.35. The van der Waals surface area contributed by atoms with Crippen LogP contribution >= 0.6 is 0 Å². The lowest BCUT2D eigenvalue weighted by Gasteiger charge is -2.28. The predicted molar refractivity (Wildman–Crippen MR) is 63.9 cm³/mol. The maximum Gasteiger partial charge on any atom is 0.142 e. The second-order valence-electron chi connectivity index (χ2n) is 5.81. The molecule has 0 saturated carbocycles. The van der Waals surface area contributed by atoms with Crippen LogP contribution in [0.15, 0.2) is 0 Å². The van der Waals surface area contributed by atoms with Gasteiger partial charge in [0.2, 0.25) is 0 Å². The largest absolute Gasteiger partial charge is 0.313 e. The van der Waals surface area contributed by atoms with Gasteiger partial charge in [0.1, 0.15) is 5.78 Å². The van der Waals surface area contributed by atoms with Crippen LogP contribution in [0.1, 0.15) is 53.4 Å². The number of Topliss-reactive ketones (excluding diaryl/α,β-unsaturated/α-hetero) is 1. The van der Waals surface area contributed by atoms with Crippen LogP contribution in [0.4, 0.5) is 0 Å². The van der Waals surface area contributed by atoms with Gasteiger partial charge >= 0.3 is 0 Å². The van der Waals surface area contributed by atoms with Gasteiger partial charge in [-0.1, -0.05) is 40.5 Å². The molecule has 0 bridgehead atoms. The van der Waals surface area contributed by atoms with Crippen LogP contribution in [0, 0.1) is 11.3 Å². The van der Waals surface area contributed by atoms with Crippen LogP contribution < -0.4 is 5.32 Å². The summed E-state index contributed by atoms with van der Waals surface area (Å²) in [6.45, 7) is 9.20. The smallest absolute Gasteiger partial charge is 0.142 e. The van der Waals surface area contributed by atoms with Gasteiger partial charge in [-0.05, 0) is 19.4 Å². The van der Waals surface area contributed by atoms with Crippen molar-refractivity contribution in [2.45, 2.75) is 59.4 Å². The summed E-state index contributed by atoms with van der Waals surface area (Å²) in [5.74, 6) is 0.546. The summed E-state index contributed by atoms with van der Waals surface area (Å²) < 4.78 is 0. The number of hydrogen-bond donors (Lipinski definition) is 1. The van der Waals surface area contributed by atoms with Gasteiger partial charge in [-0.15, -0.1) is 0 Å². The van der Waals surface area contributed by atoms with Gasteiger partial charge in [0.15, 0.2) is 0 Å². The molecule has 0 aromatic heterocycles. The first-order valence-electron chi connectivity index (χ1n) is 6.20. The molecular weight excluding hydrogens is 186 g/mol. The van der Waals surface area contributed by atoms with E-state index in [9.17, 15) is 4.79 Å². The van der Waals surface area contributed by atoms with Gasteiger partial charge in [-0.2, -0.15) is 0 Å². The predicted octanol–water partition coefficient (Wildman–Crippen LogP) is 2.77. The van der Waals surface area contributed by atoms with Crippen molar-refractivity contribution in [2.75, 3.05) is 6.54 Å². The molecule has 0 aliphatic carbocycles. The molecule has 1 N–H and O–H groups in total. The Hall–Kier alpha value is -0.370. The molecule has 2 atom stereocenters.